The minimum absolute atomic E-state index is 0.0626. The van der Waals surface area contributed by atoms with Gasteiger partial charge in [0.2, 0.25) is 0 Å². The molecule has 0 amide bonds. The summed E-state index contributed by atoms with van der Waals surface area (Å²) >= 11 is 0. The first-order valence-corrected chi connectivity index (χ1v) is 27.4. The van der Waals surface area contributed by atoms with Crippen molar-refractivity contribution in [3.63, 3.8) is 0 Å². The van der Waals surface area contributed by atoms with Crippen molar-refractivity contribution in [2.45, 2.75) is 316 Å². The summed E-state index contributed by atoms with van der Waals surface area (Å²) in [6.45, 7) is 9.02. The summed E-state index contributed by atoms with van der Waals surface area (Å²) in [7, 11) is 0. The Balaban J connectivity index is 4.24. The minimum atomic E-state index is -0.761. The van der Waals surface area contributed by atoms with Gasteiger partial charge in [0, 0.05) is 19.3 Å². The molecule has 0 aromatic heterocycles. The van der Waals surface area contributed by atoms with Gasteiger partial charge in [-0.1, -0.05) is 272 Å². The van der Waals surface area contributed by atoms with Gasteiger partial charge in [-0.2, -0.15) is 0 Å². The molecule has 61 heavy (non-hydrogen) atoms. The van der Waals surface area contributed by atoms with E-state index in [-0.39, 0.29) is 31.1 Å². The van der Waals surface area contributed by atoms with Crippen LogP contribution in [-0.4, -0.2) is 37.2 Å². The molecule has 0 aliphatic carbocycles. The molecule has 0 aromatic rings. The van der Waals surface area contributed by atoms with Gasteiger partial charge in [-0.15, -0.1) is 0 Å². The summed E-state index contributed by atoms with van der Waals surface area (Å²) in [4.78, 5) is 38.0. The van der Waals surface area contributed by atoms with Gasteiger partial charge in [0.25, 0.3) is 0 Å². The first-order chi connectivity index (χ1) is 29.9. The highest BCUT2D eigenvalue weighted by atomic mass is 16.6. The summed E-state index contributed by atoms with van der Waals surface area (Å²) < 4.78 is 16.8. The Kier molecular flexibility index (Phi) is 48.1. The van der Waals surface area contributed by atoms with E-state index in [1.54, 1.807) is 0 Å². The van der Waals surface area contributed by atoms with Crippen LogP contribution in [0, 0.1) is 5.92 Å². The summed E-state index contributed by atoms with van der Waals surface area (Å²) in [5, 5.41) is 0. The van der Waals surface area contributed by atoms with Gasteiger partial charge in [0.05, 0.1) is 0 Å². The van der Waals surface area contributed by atoms with E-state index in [4.69, 9.17) is 14.2 Å². The molecule has 0 spiro atoms. The van der Waals surface area contributed by atoms with Crippen LogP contribution in [-0.2, 0) is 28.6 Å². The molecule has 0 fully saturated rings. The molecule has 0 rings (SSSR count). The van der Waals surface area contributed by atoms with Gasteiger partial charge in [0.1, 0.15) is 13.2 Å². The van der Waals surface area contributed by atoms with Crippen molar-refractivity contribution in [1.82, 2.24) is 0 Å². The van der Waals surface area contributed by atoms with Crippen LogP contribution in [0.1, 0.15) is 310 Å². The summed E-state index contributed by atoms with van der Waals surface area (Å²) in [6, 6.07) is 0. The molecule has 0 saturated carbocycles. The second kappa shape index (κ2) is 49.4. The van der Waals surface area contributed by atoms with E-state index in [0.717, 1.165) is 63.7 Å². The number of ether oxygens (including phenoxy) is 3. The lowest BCUT2D eigenvalue weighted by Gasteiger charge is -2.18. The third-order valence-corrected chi connectivity index (χ3v) is 12.5. The SMILES string of the molecule is CCCCCCCCCCCCCCCCCCCCCC(=O)OC[C@@H](COC(=O)CCCCCCCCCCCC(C)C)OC(=O)CCCCCCCCCCCCCC. The van der Waals surface area contributed by atoms with Crippen molar-refractivity contribution in [2.24, 2.45) is 5.92 Å². The largest absolute Gasteiger partial charge is 0.462 e. The third kappa shape index (κ3) is 49.3. The first-order valence-electron chi connectivity index (χ1n) is 27.4. The van der Waals surface area contributed by atoms with E-state index in [1.165, 1.54) is 205 Å². The number of esters is 3. The maximum Gasteiger partial charge on any atom is 0.306 e. The van der Waals surface area contributed by atoms with Crippen molar-refractivity contribution in [3.8, 4) is 0 Å². The Hall–Kier alpha value is -1.59. The summed E-state index contributed by atoms with van der Waals surface area (Å²) in [5.74, 6) is -0.0339. The van der Waals surface area contributed by atoms with Gasteiger partial charge in [-0.25, -0.2) is 0 Å². The Morgan fingerprint density at radius 2 is 0.541 bits per heavy atom. The molecule has 0 aromatic carbocycles. The number of carbonyl (C=O) groups excluding carboxylic acids is 3. The zero-order valence-electron chi connectivity index (χ0n) is 41.6. The molecule has 362 valence electrons. The van der Waals surface area contributed by atoms with Gasteiger partial charge >= 0.3 is 17.9 Å². The fraction of sp³-hybridized carbons (Fsp3) is 0.945. The Labute approximate surface area is 380 Å². The van der Waals surface area contributed by atoms with Crippen molar-refractivity contribution < 1.29 is 28.6 Å². The first kappa shape index (κ1) is 59.4. The second-order valence-corrected chi connectivity index (χ2v) is 19.3. The van der Waals surface area contributed by atoms with E-state index >= 15 is 0 Å². The van der Waals surface area contributed by atoms with Crippen molar-refractivity contribution in [3.05, 3.63) is 0 Å². The predicted molar refractivity (Wildman–Crippen MR) is 261 cm³/mol. The molecule has 1 atom stereocenters. The second-order valence-electron chi connectivity index (χ2n) is 19.3. The molecule has 0 N–H and O–H groups in total. The molecular weight excluding hydrogens is 757 g/mol. The van der Waals surface area contributed by atoms with Gasteiger partial charge in [-0.05, 0) is 25.2 Å². The smallest absolute Gasteiger partial charge is 0.306 e. The number of hydrogen-bond donors (Lipinski definition) is 0. The van der Waals surface area contributed by atoms with Crippen LogP contribution < -0.4 is 0 Å². The van der Waals surface area contributed by atoms with Crippen molar-refractivity contribution in [1.29, 1.82) is 0 Å². The van der Waals surface area contributed by atoms with Crippen LogP contribution in [0.25, 0.3) is 0 Å². The highest BCUT2D eigenvalue weighted by Crippen LogP contribution is 2.17. The molecule has 0 saturated heterocycles. The molecule has 6 heteroatoms. The number of hydrogen-bond acceptors (Lipinski definition) is 6. The maximum atomic E-state index is 12.8. The van der Waals surface area contributed by atoms with Crippen LogP contribution in [0.3, 0.4) is 0 Å². The van der Waals surface area contributed by atoms with E-state index in [2.05, 4.69) is 27.7 Å². The van der Waals surface area contributed by atoms with Gasteiger partial charge in [-0.3, -0.25) is 14.4 Å². The van der Waals surface area contributed by atoms with Crippen LogP contribution in [0.2, 0.25) is 0 Å². The average Bonchev–Trinajstić information content (AvgIpc) is 3.24. The summed E-state index contributed by atoms with van der Waals surface area (Å²) in [6.07, 6.45) is 52.4. The summed E-state index contributed by atoms with van der Waals surface area (Å²) in [5.41, 5.74) is 0. The fourth-order valence-electron chi connectivity index (χ4n) is 8.39. The van der Waals surface area contributed by atoms with Crippen molar-refractivity contribution in [2.75, 3.05) is 13.2 Å². The maximum absolute atomic E-state index is 12.8. The highest BCUT2D eigenvalue weighted by molar-refractivity contribution is 5.71. The number of carbonyl (C=O) groups is 3. The van der Waals surface area contributed by atoms with Crippen LogP contribution >= 0.6 is 0 Å². The fourth-order valence-corrected chi connectivity index (χ4v) is 8.39. The molecule has 0 aliphatic rings. The molecule has 0 aliphatic heterocycles. The van der Waals surface area contributed by atoms with Gasteiger partial charge in [0.15, 0.2) is 6.10 Å². The number of rotatable bonds is 50. The monoisotopic (exact) mass is 863 g/mol. The molecule has 6 nitrogen and oxygen atoms in total. The number of unbranched alkanes of at least 4 members (excludes halogenated alkanes) is 37. The Morgan fingerprint density at radius 1 is 0.311 bits per heavy atom. The van der Waals surface area contributed by atoms with Crippen LogP contribution in [0.5, 0.6) is 0 Å². The minimum Gasteiger partial charge on any atom is -0.462 e. The Bertz CT molecular complexity index is 918. The van der Waals surface area contributed by atoms with Crippen LogP contribution in [0.15, 0.2) is 0 Å². The van der Waals surface area contributed by atoms with E-state index in [9.17, 15) is 14.4 Å². The average molecular weight is 863 g/mol. The molecule has 0 bridgehead atoms. The quantitative estimate of drug-likeness (QED) is 0.0344. The molecule has 0 unspecified atom stereocenters. The van der Waals surface area contributed by atoms with Gasteiger partial charge < -0.3 is 14.2 Å². The van der Waals surface area contributed by atoms with E-state index in [0.29, 0.717) is 19.3 Å². The molecule has 0 heterocycles. The lowest BCUT2D eigenvalue weighted by atomic mass is 10.0. The normalized spacial score (nSPS) is 12.0. The molecule has 0 radical (unpaired) electrons. The lowest BCUT2D eigenvalue weighted by molar-refractivity contribution is -0.167. The topological polar surface area (TPSA) is 78.9 Å². The standard InChI is InChI=1S/C55H106O6/c1-5-7-9-11-13-15-17-19-20-21-22-23-24-25-27-30-34-38-42-46-53(56)59-49-52(61-55(58)48-44-40-36-31-26-18-16-14-12-10-8-6-2)50-60-54(57)47-43-39-35-32-28-29-33-37-41-45-51(3)4/h51-52H,5-50H2,1-4H3/t52-/m0/s1. The zero-order valence-corrected chi connectivity index (χ0v) is 41.6. The highest BCUT2D eigenvalue weighted by Gasteiger charge is 2.19. The Morgan fingerprint density at radius 3 is 0.803 bits per heavy atom. The zero-order chi connectivity index (χ0) is 44.5. The van der Waals surface area contributed by atoms with E-state index in [1.807, 2.05) is 0 Å². The van der Waals surface area contributed by atoms with E-state index < -0.39 is 6.10 Å². The van der Waals surface area contributed by atoms with Crippen molar-refractivity contribution >= 4 is 17.9 Å². The van der Waals surface area contributed by atoms with Crippen LogP contribution in [0.4, 0.5) is 0 Å². The lowest BCUT2D eigenvalue weighted by Crippen LogP contribution is -2.30. The third-order valence-electron chi connectivity index (χ3n) is 12.5. The predicted octanol–water partition coefficient (Wildman–Crippen LogP) is 17.8. The molecular formula is C55H106O6.